The molecular weight excluding hydrogens is 266 g/mol. The highest BCUT2D eigenvalue weighted by atomic mass is 32.1. The Morgan fingerprint density at radius 1 is 1.30 bits per heavy atom. The number of rotatable bonds is 3. The third-order valence-electron chi connectivity index (χ3n) is 4.12. The van der Waals surface area contributed by atoms with Crippen molar-refractivity contribution in [3.63, 3.8) is 0 Å². The molecule has 1 unspecified atom stereocenters. The molecule has 0 saturated heterocycles. The molecule has 4 heteroatoms. The number of fused-ring (bicyclic) bond motifs is 2. The van der Waals surface area contributed by atoms with Gasteiger partial charge in [-0.25, -0.2) is 4.98 Å². The molecule has 0 saturated carbocycles. The van der Waals surface area contributed by atoms with Crippen molar-refractivity contribution < 1.29 is 0 Å². The predicted octanol–water partition coefficient (Wildman–Crippen LogP) is 3.13. The molecule has 0 spiro atoms. The van der Waals surface area contributed by atoms with Crippen molar-refractivity contribution in [2.24, 2.45) is 5.73 Å². The summed E-state index contributed by atoms with van der Waals surface area (Å²) in [6, 6.07) is 6.77. The number of imidazole rings is 1. The summed E-state index contributed by atoms with van der Waals surface area (Å²) in [6.45, 7) is 0. The zero-order chi connectivity index (χ0) is 13.5. The van der Waals surface area contributed by atoms with Gasteiger partial charge in [-0.1, -0.05) is 18.2 Å². The molecule has 2 N–H and O–H groups in total. The number of nitrogens with zero attached hydrogens (tertiary/aromatic N) is 2. The van der Waals surface area contributed by atoms with E-state index < -0.39 is 0 Å². The zero-order valence-corrected chi connectivity index (χ0v) is 12.1. The van der Waals surface area contributed by atoms with Crippen molar-refractivity contribution in [3.05, 3.63) is 58.4 Å². The molecule has 20 heavy (non-hydrogen) atoms. The fourth-order valence-electron chi connectivity index (χ4n) is 3.04. The summed E-state index contributed by atoms with van der Waals surface area (Å²) in [6.07, 6.45) is 8.63. The second kappa shape index (κ2) is 4.72. The third-order valence-corrected chi connectivity index (χ3v) is 4.89. The first-order valence-electron chi connectivity index (χ1n) is 7.08. The average molecular weight is 283 g/mol. The van der Waals surface area contributed by atoms with Crippen molar-refractivity contribution >= 4 is 16.3 Å². The number of aromatic nitrogens is 2. The number of hydrogen-bond donors (Lipinski definition) is 1. The van der Waals surface area contributed by atoms with Gasteiger partial charge in [0.25, 0.3) is 0 Å². The van der Waals surface area contributed by atoms with Crippen LogP contribution in [0.5, 0.6) is 0 Å². The molecule has 2 heterocycles. The van der Waals surface area contributed by atoms with E-state index in [1.807, 2.05) is 11.6 Å². The van der Waals surface area contributed by atoms with Gasteiger partial charge in [0.15, 0.2) is 4.96 Å². The van der Waals surface area contributed by atoms with Crippen LogP contribution in [0.1, 0.15) is 34.8 Å². The first kappa shape index (κ1) is 12.1. The molecule has 0 bridgehead atoms. The largest absolute Gasteiger partial charge is 0.324 e. The topological polar surface area (TPSA) is 43.3 Å². The highest BCUT2D eigenvalue weighted by molar-refractivity contribution is 7.15. The number of thiazole rings is 1. The van der Waals surface area contributed by atoms with Crippen LogP contribution in [0.2, 0.25) is 0 Å². The van der Waals surface area contributed by atoms with Gasteiger partial charge < -0.3 is 5.73 Å². The van der Waals surface area contributed by atoms with Crippen LogP contribution in [-0.2, 0) is 19.3 Å². The first-order valence-corrected chi connectivity index (χ1v) is 7.96. The molecule has 0 radical (unpaired) electrons. The third kappa shape index (κ3) is 2.05. The van der Waals surface area contributed by atoms with Crippen LogP contribution in [0.25, 0.3) is 4.96 Å². The monoisotopic (exact) mass is 283 g/mol. The van der Waals surface area contributed by atoms with Crippen molar-refractivity contribution in [2.45, 2.75) is 31.7 Å². The van der Waals surface area contributed by atoms with E-state index in [-0.39, 0.29) is 6.04 Å². The van der Waals surface area contributed by atoms with Crippen LogP contribution in [0, 0.1) is 0 Å². The van der Waals surface area contributed by atoms with E-state index in [1.54, 1.807) is 11.3 Å². The second-order valence-electron chi connectivity index (χ2n) is 5.52. The summed E-state index contributed by atoms with van der Waals surface area (Å²) in [5, 5.41) is 2.05. The maximum Gasteiger partial charge on any atom is 0.193 e. The van der Waals surface area contributed by atoms with E-state index >= 15 is 0 Å². The summed E-state index contributed by atoms with van der Waals surface area (Å²) >= 11 is 1.66. The quantitative estimate of drug-likeness (QED) is 0.802. The molecule has 3 aromatic rings. The van der Waals surface area contributed by atoms with Crippen LogP contribution in [0.4, 0.5) is 0 Å². The lowest BCUT2D eigenvalue weighted by Crippen LogP contribution is -2.14. The Morgan fingerprint density at radius 2 is 2.20 bits per heavy atom. The van der Waals surface area contributed by atoms with E-state index in [4.69, 9.17) is 5.73 Å². The second-order valence-corrected chi connectivity index (χ2v) is 6.39. The van der Waals surface area contributed by atoms with Gasteiger partial charge in [0.2, 0.25) is 0 Å². The molecule has 0 aliphatic heterocycles. The van der Waals surface area contributed by atoms with Crippen molar-refractivity contribution in [1.29, 1.82) is 0 Å². The van der Waals surface area contributed by atoms with Gasteiger partial charge >= 0.3 is 0 Å². The predicted molar refractivity (Wildman–Crippen MR) is 82.2 cm³/mol. The first-order chi connectivity index (χ1) is 9.79. The zero-order valence-electron chi connectivity index (χ0n) is 11.2. The minimum atomic E-state index is 0.0329. The lowest BCUT2D eigenvalue weighted by Gasteiger charge is -2.12. The molecule has 1 aliphatic carbocycles. The molecule has 1 atom stereocenters. The van der Waals surface area contributed by atoms with Crippen LogP contribution in [0.3, 0.4) is 0 Å². The van der Waals surface area contributed by atoms with E-state index in [0.717, 1.165) is 17.1 Å². The minimum absolute atomic E-state index is 0.0329. The van der Waals surface area contributed by atoms with Crippen LogP contribution < -0.4 is 5.73 Å². The smallest absolute Gasteiger partial charge is 0.193 e. The van der Waals surface area contributed by atoms with Gasteiger partial charge in [0.1, 0.15) is 0 Å². The molecule has 1 aliphatic rings. The fraction of sp³-hybridized carbons (Fsp3) is 0.312. The Hall–Kier alpha value is -1.65. The van der Waals surface area contributed by atoms with Gasteiger partial charge in [0, 0.05) is 30.2 Å². The lowest BCUT2D eigenvalue weighted by atomic mass is 9.99. The summed E-state index contributed by atoms with van der Waals surface area (Å²) in [4.78, 5) is 5.65. The molecule has 0 amide bonds. The van der Waals surface area contributed by atoms with Crippen LogP contribution >= 0.6 is 11.3 Å². The van der Waals surface area contributed by atoms with Gasteiger partial charge in [-0.3, -0.25) is 4.40 Å². The van der Waals surface area contributed by atoms with Gasteiger partial charge in [-0.2, -0.15) is 0 Å². The Bertz CT molecular complexity index is 728. The van der Waals surface area contributed by atoms with E-state index in [2.05, 4.69) is 33.8 Å². The summed E-state index contributed by atoms with van der Waals surface area (Å²) in [5.41, 5.74) is 11.7. The SMILES string of the molecule is NC(Cc1cn2ccsc2n1)c1ccc2c(c1)CCC2. The van der Waals surface area contributed by atoms with Gasteiger partial charge in [-0.05, 0) is 36.0 Å². The maximum atomic E-state index is 6.37. The molecule has 0 fully saturated rings. The average Bonchev–Trinajstić information content (AvgIpc) is 3.11. The molecular formula is C16H17N3S. The van der Waals surface area contributed by atoms with Crippen molar-refractivity contribution in [3.8, 4) is 0 Å². The Labute approximate surface area is 122 Å². The molecule has 2 aromatic heterocycles. The summed E-state index contributed by atoms with van der Waals surface area (Å²) in [5.74, 6) is 0. The van der Waals surface area contributed by atoms with Crippen LogP contribution in [-0.4, -0.2) is 9.38 Å². The van der Waals surface area contributed by atoms with Gasteiger partial charge in [-0.15, -0.1) is 11.3 Å². The summed E-state index contributed by atoms with van der Waals surface area (Å²) < 4.78 is 2.06. The van der Waals surface area contributed by atoms with Gasteiger partial charge in [0.05, 0.1) is 5.69 Å². The van der Waals surface area contributed by atoms with Crippen LogP contribution in [0.15, 0.2) is 36.0 Å². The Balaban J connectivity index is 1.57. The number of benzene rings is 1. The molecule has 1 aromatic carbocycles. The van der Waals surface area contributed by atoms with E-state index in [1.165, 1.54) is 36.0 Å². The Kier molecular flexibility index (Phi) is 2.86. The Morgan fingerprint density at radius 3 is 3.10 bits per heavy atom. The maximum absolute atomic E-state index is 6.37. The standard InChI is InChI=1S/C16H17N3S/c17-15(9-14-10-19-6-7-20-16(19)18-14)13-5-4-11-2-1-3-12(11)8-13/h4-8,10,15H,1-3,9,17H2. The highest BCUT2D eigenvalue weighted by Crippen LogP contribution is 2.26. The number of nitrogens with two attached hydrogens (primary N) is 1. The number of hydrogen-bond acceptors (Lipinski definition) is 3. The van der Waals surface area contributed by atoms with Crippen molar-refractivity contribution in [2.75, 3.05) is 0 Å². The highest BCUT2D eigenvalue weighted by Gasteiger charge is 2.15. The summed E-state index contributed by atoms with van der Waals surface area (Å²) in [7, 11) is 0. The molecule has 102 valence electrons. The molecule has 3 nitrogen and oxygen atoms in total. The number of aryl methyl sites for hydroxylation is 2. The normalized spacial score (nSPS) is 15.7. The molecule has 4 rings (SSSR count). The lowest BCUT2D eigenvalue weighted by molar-refractivity contribution is 0.709. The van der Waals surface area contributed by atoms with E-state index in [9.17, 15) is 0 Å². The fourth-order valence-corrected chi connectivity index (χ4v) is 3.76. The minimum Gasteiger partial charge on any atom is -0.324 e. The van der Waals surface area contributed by atoms with Crippen molar-refractivity contribution in [1.82, 2.24) is 9.38 Å². The van der Waals surface area contributed by atoms with E-state index in [0.29, 0.717) is 0 Å².